The van der Waals surface area contributed by atoms with E-state index < -0.39 is 5.41 Å². The van der Waals surface area contributed by atoms with E-state index in [0.29, 0.717) is 17.5 Å². The lowest BCUT2D eigenvalue weighted by molar-refractivity contribution is -0.120. The van der Waals surface area contributed by atoms with Gasteiger partial charge in [0.05, 0.1) is 6.42 Å². The molecule has 26 heavy (non-hydrogen) atoms. The van der Waals surface area contributed by atoms with E-state index in [-0.39, 0.29) is 24.0 Å². The number of halogens is 2. The van der Waals surface area contributed by atoms with Crippen molar-refractivity contribution in [2.24, 2.45) is 0 Å². The Morgan fingerprint density at radius 3 is 2.62 bits per heavy atom. The van der Waals surface area contributed by atoms with Crippen LogP contribution in [0.4, 0.5) is 8.78 Å². The third-order valence-corrected chi connectivity index (χ3v) is 4.75. The molecule has 1 amide bonds. The number of nitrogens with one attached hydrogen (secondary N) is 2. The molecule has 5 heteroatoms. The fraction of sp³-hybridized carbons (Fsp3) is 0.286. The molecule has 0 unspecified atom stereocenters. The van der Waals surface area contributed by atoms with Crippen molar-refractivity contribution in [3.8, 4) is 0 Å². The Balaban J connectivity index is 1.73. The summed E-state index contributed by atoms with van der Waals surface area (Å²) in [6, 6.07) is 11.1. The van der Waals surface area contributed by atoms with Gasteiger partial charge in [0.25, 0.3) is 0 Å². The van der Waals surface area contributed by atoms with E-state index in [1.807, 2.05) is 20.8 Å². The van der Waals surface area contributed by atoms with E-state index in [0.717, 1.165) is 16.8 Å². The molecule has 0 atom stereocenters. The molecule has 0 fully saturated rings. The van der Waals surface area contributed by atoms with E-state index in [2.05, 4.69) is 10.3 Å². The molecule has 3 rings (SSSR count). The van der Waals surface area contributed by atoms with Gasteiger partial charge in [-0.15, -0.1) is 0 Å². The Labute approximate surface area is 151 Å². The number of benzene rings is 2. The predicted molar refractivity (Wildman–Crippen MR) is 99.1 cm³/mol. The highest BCUT2D eigenvalue weighted by Crippen LogP contribution is 2.26. The molecule has 3 nitrogen and oxygen atoms in total. The minimum Gasteiger partial charge on any atom is -0.358 e. The largest absolute Gasteiger partial charge is 0.358 e. The number of carbonyl (C=O) groups is 1. The molecule has 136 valence electrons. The van der Waals surface area contributed by atoms with Crippen molar-refractivity contribution in [1.29, 1.82) is 0 Å². The van der Waals surface area contributed by atoms with Crippen molar-refractivity contribution in [3.05, 3.63) is 70.9 Å². The summed E-state index contributed by atoms with van der Waals surface area (Å²) in [4.78, 5) is 15.6. The molecular formula is C21H22F2N2O. The first-order chi connectivity index (χ1) is 12.3. The van der Waals surface area contributed by atoms with Gasteiger partial charge in [-0.25, -0.2) is 8.78 Å². The van der Waals surface area contributed by atoms with Crippen molar-refractivity contribution in [2.45, 2.75) is 32.6 Å². The molecule has 0 saturated heterocycles. The monoisotopic (exact) mass is 356 g/mol. The van der Waals surface area contributed by atoms with Crippen LogP contribution in [-0.2, 0) is 16.6 Å². The van der Waals surface area contributed by atoms with E-state index in [1.54, 1.807) is 24.3 Å². The average Bonchev–Trinajstić information content (AvgIpc) is 2.89. The van der Waals surface area contributed by atoms with Crippen LogP contribution in [0.25, 0.3) is 10.9 Å². The Morgan fingerprint density at radius 2 is 1.88 bits per heavy atom. The molecule has 2 aromatic carbocycles. The summed E-state index contributed by atoms with van der Waals surface area (Å²) in [5.74, 6) is -0.795. The smallest absolute Gasteiger partial charge is 0.224 e. The average molecular weight is 356 g/mol. The van der Waals surface area contributed by atoms with E-state index >= 15 is 0 Å². The summed E-state index contributed by atoms with van der Waals surface area (Å²) in [6.07, 6.45) is 0.142. The number of hydrogen-bond acceptors (Lipinski definition) is 1. The lowest BCUT2D eigenvalue weighted by Crippen LogP contribution is -2.38. The van der Waals surface area contributed by atoms with Gasteiger partial charge in [0.15, 0.2) is 0 Å². The molecule has 0 aliphatic heterocycles. The van der Waals surface area contributed by atoms with E-state index in [4.69, 9.17) is 0 Å². The summed E-state index contributed by atoms with van der Waals surface area (Å²) in [5, 5.41) is 3.59. The second-order valence-electron chi connectivity index (χ2n) is 7.24. The van der Waals surface area contributed by atoms with Crippen molar-refractivity contribution < 1.29 is 13.6 Å². The van der Waals surface area contributed by atoms with Gasteiger partial charge < -0.3 is 10.3 Å². The normalized spacial score (nSPS) is 11.7. The first kappa shape index (κ1) is 18.1. The molecule has 2 N–H and O–H groups in total. The maximum atomic E-state index is 14.0. The number of amides is 1. The number of hydrogen-bond donors (Lipinski definition) is 2. The topological polar surface area (TPSA) is 44.9 Å². The number of aromatic nitrogens is 1. The van der Waals surface area contributed by atoms with Crippen LogP contribution in [-0.4, -0.2) is 17.4 Å². The Bertz CT molecular complexity index is 960. The maximum Gasteiger partial charge on any atom is 0.224 e. The van der Waals surface area contributed by atoms with Gasteiger partial charge >= 0.3 is 0 Å². The SMILES string of the molecule is Cc1[nH]c2ccc(F)cc2c1CC(=O)NCC(C)(C)c1ccccc1F. The van der Waals surface area contributed by atoms with Gasteiger partial charge in [0, 0.05) is 28.6 Å². The van der Waals surface area contributed by atoms with Crippen molar-refractivity contribution in [1.82, 2.24) is 10.3 Å². The summed E-state index contributed by atoms with van der Waals surface area (Å²) >= 11 is 0. The van der Waals surface area contributed by atoms with E-state index in [1.165, 1.54) is 18.2 Å². The quantitative estimate of drug-likeness (QED) is 0.700. The van der Waals surface area contributed by atoms with Gasteiger partial charge in [-0.05, 0) is 42.3 Å². The summed E-state index contributed by atoms with van der Waals surface area (Å²) < 4.78 is 27.6. The lowest BCUT2D eigenvalue weighted by atomic mass is 9.84. The Hall–Kier alpha value is -2.69. The minimum atomic E-state index is -0.539. The van der Waals surface area contributed by atoms with Crippen LogP contribution in [0, 0.1) is 18.6 Å². The zero-order valence-electron chi connectivity index (χ0n) is 15.1. The molecule has 0 spiro atoms. The zero-order chi connectivity index (χ0) is 18.9. The highest BCUT2D eigenvalue weighted by Gasteiger charge is 2.25. The van der Waals surface area contributed by atoms with Crippen molar-refractivity contribution in [2.75, 3.05) is 6.54 Å². The van der Waals surface area contributed by atoms with Crippen molar-refractivity contribution in [3.63, 3.8) is 0 Å². The second-order valence-corrected chi connectivity index (χ2v) is 7.24. The molecule has 0 radical (unpaired) electrons. The third-order valence-electron chi connectivity index (χ3n) is 4.75. The van der Waals surface area contributed by atoms with Crippen LogP contribution >= 0.6 is 0 Å². The first-order valence-electron chi connectivity index (χ1n) is 8.56. The number of rotatable bonds is 5. The van der Waals surface area contributed by atoms with Crippen LogP contribution in [0.3, 0.4) is 0 Å². The number of aryl methyl sites for hydroxylation is 1. The van der Waals surface area contributed by atoms with Crippen LogP contribution in [0.15, 0.2) is 42.5 Å². The molecule has 1 aromatic heterocycles. The molecule has 0 bridgehead atoms. The number of H-pyrrole nitrogens is 1. The van der Waals surface area contributed by atoms with Gasteiger partial charge in [0.1, 0.15) is 11.6 Å². The highest BCUT2D eigenvalue weighted by molar-refractivity contribution is 5.90. The van der Waals surface area contributed by atoms with Crippen LogP contribution < -0.4 is 5.32 Å². The highest BCUT2D eigenvalue weighted by atomic mass is 19.1. The second kappa shape index (κ2) is 6.90. The van der Waals surface area contributed by atoms with Gasteiger partial charge in [0.2, 0.25) is 5.91 Å². The fourth-order valence-electron chi connectivity index (χ4n) is 3.23. The van der Waals surface area contributed by atoms with Gasteiger partial charge in [-0.3, -0.25) is 4.79 Å². The lowest BCUT2D eigenvalue weighted by Gasteiger charge is -2.26. The van der Waals surface area contributed by atoms with E-state index in [9.17, 15) is 13.6 Å². The predicted octanol–water partition coefficient (Wildman–Crippen LogP) is 4.39. The number of fused-ring (bicyclic) bond motifs is 1. The van der Waals surface area contributed by atoms with Gasteiger partial charge in [-0.2, -0.15) is 0 Å². The fourth-order valence-corrected chi connectivity index (χ4v) is 3.23. The summed E-state index contributed by atoms with van der Waals surface area (Å²) in [6.45, 7) is 5.95. The first-order valence-corrected chi connectivity index (χ1v) is 8.56. The maximum absolute atomic E-state index is 14.0. The Kier molecular flexibility index (Phi) is 4.81. The van der Waals surface area contributed by atoms with Gasteiger partial charge in [-0.1, -0.05) is 32.0 Å². The zero-order valence-corrected chi connectivity index (χ0v) is 15.1. The number of carbonyl (C=O) groups excluding carboxylic acids is 1. The summed E-state index contributed by atoms with van der Waals surface area (Å²) in [7, 11) is 0. The standard InChI is InChI=1S/C21H22F2N2O/c1-13-15(16-10-14(22)8-9-19(16)25-13)11-20(26)24-12-21(2,3)17-6-4-5-7-18(17)23/h4-10,25H,11-12H2,1-3H3,(H,24,26). The van der Waals surface area contributed by atoms with Crippen molar-refractivity contribution >= 4 is 16.8 Å². The molecule has 3 aromatic rings. The van der Waals surface area contributed by atoms with Crippen LogP contribution in [0.2, 0.25) is 0 Å². The Morgan fingerprint density at radius 1 is 1.15 bits per heavy atom. The van der Waals surface area contributed by atoms with Crippen LogP contribution in [0.5, 0.6) is 0 Å². The molecule has 0 aliphatic carbocycles. The molecule has 0 saturated carbocycles. The minimum absolute atomic E-state index is 0.142. The van der Waals surface area contributed by atoms with Crippen LogP contribution in [0.1, 0.15) is 30.7 Å². The third kappa shape index (κ3) is 3.62. The summed E-state index contributed by atoms with van der Waals surface area (Å²) in [5.41, 5.74) is 2.45. The number of aromatic amines is 1. The molecular weight excluding hydrogens is 334 g/mol. The molecule has 0 aliphatic rings. The molecule has 1 heterocycles.